The average molecular weight is 231 g/mol. The van der Waals surface area contributed by atoms with Gasteiger partial charge in [0.05, 0.1) is 11.0 Å². The van der Waals surface area contributed by atoms with Crippen molar-refractivity contribution in [3.63, 3.8) is 0 Å². The molecule has 0 atom stereocenters. The average Bonchev–Trinajstić information content (AvgIpc) is 2.64. The van der Waals surface area contributed by atoms with Crippen LogP contribution in [0.5, 0.6) is 0 Å². The standard InChI is InChI=1S/C14H21N3/c1-4-5-8-17-13-7-6-11(15)9-12(13)16-14(17)10(2)3/h6-7,9-10H,4-5,8,15H2,1-3H3. The third kappa shape index (κ3) is 2.28. The van der Waals surface area contributed by atoms with Crippen LogP contribution < -0.4 is 5.73 Å². The number of rotatable bonds is 4. The first-order chi connectivity index (χ1) is 8.13. The molecule has 0 saturated heterocycles. The molecule has 0 aliphatic carbocycles. The number of imidazole rings is 1. The van der Waals surface area contributed by atoms with Gasteiger partial charge in [-0.05, 0) is 24.6 Å². The monoisotopic (exact) mass is 231 g/mol. The molecule has 1 aromatic carbocycles. The summed E-state index contributed by atoms with van der Waals surface area (Å²) in [6, 6.07) is 6.00. The molecule has 0 saturated carbocycles. The number of hydrogen-bond donors (Lipinski definition) is 1. The van der Waals surface area contributed by atoms with E-state index in [1.54, 1.807) is 0 Å². The van der Waals surface area contributed by atoms with E-state index >= 15 is 0 Å². The number of aryl methyl sites for hydroxylation is 1. The second kappa shape index (κ2) is 4.78. The number of nitrogens with two attached hydrogens (primary N) is 1. The van der Waals surface area contributed by atoms with E-state index in [-0.39, 0.29) is 0 Å². The molecule has 2 rings (SSSR count). The van der Waals surface area contributed by atoms with E-state index in [4.69, 9.17) is 10.7 Å². The molecule has 0 bridgehead atoms. The van der Waals surface area contributed by atoms with E-state index < -0.39 is 0 Å². The molecule has 0 spiro atoms. The van der Waals surface area contributed by atoms with Gasteiger partial charge in [-0.3, -0.25) is 0 Å². The number of nitrogen functional groups attached to an aromatic ring is 1. The van der Waals surface area contributed by atoms with Crippen LogP contribution in [-0.2, 0) is 6.54 Å². The lowest BCUT2D eigenvalue weighted by molar-refractivity contribution is 0.595. The predicted octanol–water partition coefficient (Wildman–Crippen LogP) is 3.54. The van der Waals surface area contributed by atoms with Crippen LogP contribution in [0.2, 0.25) is 0 Å². The van der Waals surface area contributed by atoms with Crippen molar-refractivity contribution < 1.29 is 0 Å². The molecule has 92 valence electrons. The van der Waals surface area contributed by atoms with Gasteiger partial charge >= 0.3 is 0 Å². The maximum atomic E-state index is 5.81. The summed E-state index contributed by atoms with van der Waals surface area (Å²) < 4.78 is 2.34. The molecular weight excluding hydrogens is 210 g/mol. The summed E-state index contributed by atoms with van der Waals surface area (Å²) in [5, 5.41) is 0. The van der Waals surface area contributed by atoms with Crippen LogP contribution in [0.4, 0.5) is 5.69 Å². The molecule has 1 heterocycles. The Hall–Kier alpha value is -1.51. The van der Waals surface area contributed by atoms with Gasteiger partial charge in [-0.15, -0.1) is 0 Å². The molecule has 0 aliphatic heterocycles. The molecule has 0 unspecified atom stereocenters. The van der Waals surface area contributed by atoms with Crippen molar-refractivity contribution in [2.75, 3.05) is 5.73 Å². The highest BCUT2D eigenvalue weighted by atomic mass is 15.1. The predicted molar refractivity (Wildman–Crippen MR) is 73.1 cm³/mol. The Morgan fingerprint density at radius 1 is 1.35 bits per heavy atom. The molecule has 3 nitrogen and oxygen atoms in total. The highest BCUT2D eigenvalue weighted by molar-refractivity contribution is 5.79. The number of fused-ring (bicyclic) bond motifs is 1. The van der Waals surface area contributed by atoms with E-state index in [1.165, 1.54) is 24.2 Å². The van der Waals surface area contributed by atoms with Crippen LogP contribution in [-0.4, -0.2) is 9.55 Å². The smallest absolute Gasteiger partial charge is 0.112 e. The number of nitrogens with zero attached hydrogens (tertiary/aromatic N) is 2. The van der Waals surface area contributed by atoms with Crippen LogP contribution in [0.1, 0.15) is 45.4 Å². The Labute approximate surface area is 103 Å². The normalized spacial score (nSPS) is 11.5. The van der Waals surface area contributed by atoms with Gasteiger partial charge in [0, 0.05) is 18.2 Å². The number of benzene rings is 1. The highest BCUT2D eigenvalue weighted by Gasteiger charge is 2.13. The highest BCUT2D eigenvalue weighted by Crippen LogP contribution is 2.24. The summed E-state index contributed by atoms with van der Waals surface area (Å²) in [5.41, 5.74) is 8.82. The minimum atomic E-state index is 0.445. The Bertz CT molecular complexity index is 511. The fourth-order valence-corrected chi connectivity index (χ4v) is 2.16. The van der Waals surface area contributed by atoms with Gasteiger partial charge in [-0.1, -0.05) is 27.2 Å². The van der Waals surface area contributed by atoms with Crippen LogP contribution in [0.15, 0.2) is 18.2 Å². The first-order valence-corrected chi connectivity index (χ1v) is 6.39. The van der Waals surface area contributed by atoms with E-state index in [2.05, 4.69) is 31.4 Å². The SMILES string of the molecule is CCCCn1c(C(C)C)nc2cc(N)ccc21. The molecule has 0 fully saturated rings. The zero-order valence-corrected chi connectivity index (χ0v) is 10.9. The van der Waals surface area contributed by atoms with Gasteiger partial charge in [-0.25, -0.2) is 4.98 Å². The number of aromatic nitrogens is 2. The van der Waals surface area contributed by atoms with Crippen molar-refractivity contribution in [1.82, 2.24) is 9.55 Å². The van der Waals surface area contributed by atoms with E-state index in [0.29, 0.717) is 5.92 Å². The lowest BCUT2D eigenvalue weighted by Gasteiger charge is -2.10. The number of hydrogen-bond acceptors (Lipinski definition) is 2. The van der Waals surface area contributed by atoms with Crippen molar-refractivity contribution in [1.29, 1.82) is 0 Å². The molecule has 17 heavy (non-hydrogen) atoms. The summed E-state index contributed by atoms with van der Waals surface area (Å²) in [7, 11) is 0. The third-order valence-electron chi connectivity index (χ3n) is 3.05. The van der Waals surface area contributed by atoms with Crippen LogP contribution >= 0.6 is 0 Å². The van der Waals surface area contributed by atoms with Crippen LogP contribution in [0.25, 0.3) is 11.0 Å². The van der Waals surface area contributed by atoms with Gasteiger partial charge in [0.25, 0.3) is 0 Å². The van der Waals surface area contributed by atoms with Crippen molar-refractivity contribution in [2.24, 2.45) is 0 Å². The summed E-state index contributed by atoms with van der Waals surface area (Å²) >= 11 is 0. The second-order valence-electron chi connectivity index (χ2n) is 4.88. The zero-order chi connectivity index (χ0) is 12.4. The fraction of sp³-hybridized carbons (Fsp3) is 0.500. The van der Waals surface area contributed by atoms with Crippen LogP contribution in [0, 0.1) is 0 Å². The Morgan fingerprint density at radius 2 is 2.12 bits per heavy atom. The van der Waals surface area contributed by atoms with Crippen molar-refractivity contribution in [3.8, 4) is 0 Å². The van der Waals surface area contributed by atoms with Crippen molar-refractivity contribution in [3.05, 3.63) is 24.0 Å². The third-order valence-corrected chi connectivity index (χ3v) is 3.05. The van der Waals surface area contributed by atoms with Gasteiger partial charge in [0.2, 0.25) is 0 Å². The van der Waals surface area contributed by atoms with Crippen LogP contribution in [0.3, 0.4) is 0 Å². The zero-order valence-electron chi connectivity index (χ0n) is 10.9. The van der Waals surface area contributed by atoms with E-state index in [1.807, 2.05) is 12.1 Å². The molecule has 2 aromatic rings. The molecule has 3 heteroatoms. The van der Waals surface area contributed by atoms with Crippen molar-refractivity contribution in [2.45, 2.75) is 46.1 Å². The van der Waals surface area contributed by atoms with Gasteiger partial charge in [0.15, 0.2) is 0 Å². The summed E-state index contributed by atoms with van der Waals surface area (Å²) in [5.74, 6) is 1.61. The summed E-state index contributed by atoms with van der Waals surface area (Å²) in [6.07, 6.45) is 2.39. The first-order valence-electron chi connectivity index (χ1n) is 6.39. The fourth-order valence-electron chi connectivity index (χ4n) is 2.16. The first kappa shape index (κ1) is 12.0. The molecule has 0 aliphatic rings. The lowest BCUT2D eigenvalue weighted by Crippen LogP contribution is -2.05. The Morgan fingerprint density at radius 3 is 2.76 bits per heavy atom. The van der Waals surface area contributed by atoms with E-state index in [0.717, 1.165) is 17.7 Å². The van der Waals surface area contributed by atoms with Gasteiger partial charge < -0.3 is 10.3 Å². The molecule has 1 aromatic heterocycles. The minimum absolute atomic E-state index is 0.445. The molecule has 0 radical (unpaired) electrons. The minimum Gasteiger partial charge on any atom is -0.399 e. The molecule has 2 N–H and O–H groups in total. The maximum absolute atomic E-state index is 5.81. The lowest BCUT2D eigenvalue weighted by atomic mass is 10.2. The Balaban J connectivity index is 2.54. The van der Waals surface area contributed by atoms with Crippen molar-refractivity contribution >= 4 is 16.7 Å². The van der Waals surface area contributed by atoms with Gasteiger partial charge in [-0.2, -0.15) is 0 Å². The van der Waals surface area contributed by atoms with Gasteiger partial charge in [0.1, 0.15) is 5.82 Å². The topological polar surface area (TPSA) is 43.8 Å². The second-order valence-corrected chi connectivity index (χ2v) is 4.88. The largest absolute Gasteiger partial charge is 0.399 e. The quantitative estimate of drug-likeness (QED) is 0.818. The summed E-state index contributed by atoms with van der Waals surface area (Å²) in [6.45, 7) is 7.64. The maximum Gasteiger partial charge on any atom is 0.112 e. The Kier molecular flexibility index (Phi) is 3.36. The van der Waals surface area contributed by atoms with E-state index in [9.17, 15) is 0 Å². The molecular formula is C14H21N3. The molecule has 0 amide bonds. The number of anilines is 1. The summed E-state index contributed by atoms with van der Waals surface area (Å²) in [4.78, 5) is 4.71. The number of unbranched alkanes of at least 4 members (excludes halogenated alkanes) is 1.